The lowest BCUT2D eigenvalue weighted by atomic mass is 10.0. The maximum Gasteiger partial charge on any atom is 0.101 e. The zero-order valence-corrected chi connectivity index (χ0v) is 13.2. The molecule has 0 saturated carbocycles. The molecule has 2 aromatic carbocycles. The summed E-state index contributed by atoms with van der Waals surface area (Å²) in [5, 5.41) is 2.10. The normalized spacial score (nSPS) is 14.1. The van der Waals surface area contributed by atoms with Gasteiger partial charge in [-0.1, -0.05) is 74.5 Å². The van der Waals surface area contributed by atoms with Gasteiger partial charge in [0.2, 0.25) is 0 Å². The van der Waals surface area contributed by atoms with Crippen LogP contribution in [0.5, 0.6) is 0 Å². The van der Waals surface area contributed by atoms with Crippen LogP contribution in [-0.2, 0) is 4.84 Å². The SMILES string of the molecule is CCC(c1ccccc1)N(CC)OC(C)c1ccccc1. The van der Waals surface area contributed by atoms with E-state index in [0.29, 0.717) is 6.04 Å². The predicted octanol–water partition coefficient (Wildman–Crippen LogP) is 5.15. The standard InChI is InChI=1S/C19H25NO/c1-4-19(18-14-10-7-11-15-18)20(5-2)21-16(3)17-12-8-6-9-13-17/h6-16,19H,4-5H2,1-3H3. The number of hydrogen-bond donors (Lipinski definition) is 0. The van der Waals surface area contributed by atoms with Crippen molar-refractivity contribution in [3.05, 3.63) is 71.8 Å². The molecule has 2 unspecified atom stereocenters. The number of rotatable bonds is 7. The summed E-state index contributed by atoms with van der Waals surface area (Å²) in [4.78, 5) is 6.23. The van der Waals surface area contributed by atoms with Crippen molar-refractivity contribution >= 4 is 0 Å². The van der Waals surface area contributed by atoms with Crippen molar-refractivity contribution in [2.75, 3.05) is 6.54 Å². The van der Waals surface area contributed by atoms with Crippen LogP contribution in [0.1, 0.15) is 50.5 Å². The van der Waals surface area contributed by atoms with Crippen LogP contribution >= 0.6 is 0 Å². The van der Waals surface area contributed by atoms with Gasteiger partial charge >= 0.3 is 0 Å². The quantitative estimate of drug-likeness (QED) is 0.651. The van der Waals surface area contributed by atoms with Crippen LogP contribution in [0, 0.1) is 0 Å². The first kappa shape index (κ1) is 15.7. The molecule has 0 spiro atoms. The number of hydroxylamine groups is 2. The molecule has 2 atom stereocenters. The molecule has 2 aromatic rings. The Kier molecular flexibility index (Phi) is 5.97. The van der Waals surface area contributed by atoms with Crippen LogP contribution in [0.3, 0.4) is 0 Å². The Balaban J connectivity index is 2.11. The highest BCUT2D eigenvalue weighted by Crippen LogP contribution is 2.28. The summed E-state index contributed by atoms with van der Waals surface area (Å²) in [6.45, 7) is 7.32. The van der Waals surface area contributed by atoms with Gasteiger partial charge in [-0.2, -0.15) is 5.06 Å². The molecule has 112 valence electrons. The van der Waals surface area contributed by atoms with Crippen molar-refractivity contribution < 1.29 is 4.84 Å². The molecule has 2 rings (SSSR count). The van der Waals surface area contributed by atoms with Crippen molar-refractivity contribution in [2.45, 2.75) is 39.3 Å². The molecule has 0 saturated heterocycles. The Bertz CT molecular complexity index is 512. The summed E-state index contributed by atoms with van der Waals surface area (Å²) in [6, 6.07) is 21.2. The highest BCUT2D eigenvalue weighted by molar-refractivity contribution is 5.19. The Morgan fingerprint density at radius 1 is 0.857 bits per heavy atom. The topological polar surface area (TPSA) is 12.5 Å². The van der Waals surface area contributed by atoms with E-state index in [2.05, 4.69) is 80.4 Å². The lowest BCUT2D eigenvalue weighted by molar-refractivity contribution is -0.219. The summed E-state index contributed by atoms with van der Waals surface area (Å²) in [7, 11) is 0. The smallest absolute Gasteiger partial charge is 0.101 e. The summed E-state index contributed by atoms with van der Waals surface area (Å²) in [5.74, 6) is 0. The van der Waals surface area contributed by atoms with Crippen molar-refractivity contribution in [3.8, 4) is 0 Å². The third-order valence-corrected chi connectivity index (χ3v) is 3.79. The van der Waals surface area contributed by atoms with Gasteiger partial charge in [-0.25, -0.2) is 0 Å². The molecule has 21 heavy (non-hydrogen) atoms. The average Bonchev–Trinajstić information content (AvgIpc) is 2.56. The molecule has 0 fully saturated rings. The molecule has 2 nitrogen and oxygen atoms in total. The number of hydrogen-bond acceptors (Lipinski definition) is 2. The second kappa shape index (κ2) is 7.96. The Hall–Kier alpha value is -1.64. The zero-order valence-electron chi connectivity index (χ0n) is 13.2. The summed E-state index contributed by atoms with van der Waals surface area (Å²) in [5.41, 5.74) is 2.51. The highest BCUT2D eigenvalue weighted by atomic mass is 16.7. The van der Waals surface area contributed by atoms with Gasteiger partial charge in [-0.05, 0) is 24.5 Å². The molecule has 0 aliphatic rings. The van der Waals surface area contributed by atoms with E-state index in [1.807, 2.05) is 6.07 Å². The molecule has 0 aliphatic carbocycles. The van der Waals surface area contributed by atoms with E-state index >= 15 is 0 Å². The molecule has 0 radical (unpaired) electrons. The maximum atomic E-state index is 6.23. The minimum atomic E-state index is 0.0592. The highest BCUT2D eigenvalue weighted by Gasteiger charge is 2.20. The van der Waals surface area contributed by atoms with Crippen molar-refractivity contribution in [2.24, 2.45) is 0 Å². The maximum absolute atomic E-state index is 6.23. The van der Waals surface area contributed by atoms with Crippen LogP contribution in [0.2, 0.25) is 0 Å². The Morgan fingerprint density at radius 3 is 1.86 bits per heavy atom. The molecule has 0 aliphatic heterocycles. The zero-order chi connectivity index (χ0) is 15.1. The van der Waals surface area contributed by atoms with Crippen LogP contribution < -0.4 is 0 Å². The minimum Gasteiger partial charge on any atom is -0.291 e. The first-order chi connectivity index (χ1) is 10.3. The first-order valence-electron chi connectivity index (χ1n) is 7.79. The van der Waals surface area contributed by atoms with E-state index < -0.39 is 0 Å². The number of benzene rings is 2. The molecule has 0 amide bonds. The molecular formula is C19H25NO. The second-order valence-electron chi connectivity index (χ2n) is 5.23. The van der Waals surface area contributed by atoms with Crippen LogP contribution in [0.4, 0.5) is 0 Å². The first-order valence-corrected chi connectivity index (χ1v) is 7.79. The molecular weight excluding hydrogens is 258 g/mol. The molecule has 0 heterocycles. The van der Waals surface area contributed by atoms with Gasteiger partial charge in [0.05, 0.1) is 6.04 Å². The van der Waals surface area contributed by atoms with Gasteiger partial charge in [0, 0.05) is 6.54 Å². The number of nitrogens with zero attached hydrogens (tertiary/aromatic N) is 1. The van der Waals surface area contributed by atoms with E-state index in [1.54, 1.807) is 0 Å². The van der Waals surface area contributed by atoms with Crippen LogP contribution in [0.15, 0.2) is 60.7 Å². The van der Waals surface area contributed by atoms with Gasteiger partial charge in [0.25, 0.3) is 0 Å². The van der Waals surface area contributed by atoms with Gasteiger partial charge in [-0.15, -0.1) is 0 Å². The molecule has 0 bridgehead atoms. The molecule has 2 heteroatoms. The van der Waals surface area contributed by atoms with E-state index in [9.17, 15) is 0 Å². The van der Waals surface area contributed by atoms with E-state index in [4.69, 9.17) is 4.84 Å². The largest absolute Gasteiger partial charge is 0.291 e. The lowest BCUT2D eigenvalue weighted by Crippen LogP contribution is -2.29. The average molecular weight is 283 g/mol. The summed E-state index contributed by atoms with van der Waals surface area (Å²) < 4.78 is 0. The van der Waals surface area contributed by atoms with Crippen LogP contribution in [-0.4, -0.2) is 11.6 Å². The van der Waals surface area contributed by atoms with Crippen molar-refractivity contribution in [3.63, 3.8) is 0 Å². The van der Waals surface area contributed by atoms with E-state index in [0.717, 1.165) is 13.0 Å². The van der Waals surface area contributed by atoms with Gasteiger partial charge in [-0.3, -0.25) is 4.84 Å². The fourth-order valence-corrected chi connectivity index (χ4v) is 2.64. The Labute approximate surface area is 128 Å². The molecule has 0 aromatic heterocycles. The van der Waals surface area contributed by atoms with E-state index in [-0.39, 0.29) is 6.10 Å². The minimum absolute atomic E-state index is 0.0592. The fraction of sp³-hybridized carbons (Fsp3) is 0.368. The van der Waals surface area contributed by atoms with E-state index in [1.165, 1.54) is 11.1 Å². The molecule has 0 N–H and O–H groups in total. The third-order valence-electron chi connectivity index (χ3n) is 3.79. The van der Waals surface area contributed by atoms with Gasteiger partial charge in [0.1, 0.15) is 6.10 Å². The second-order valence-corrected chi connectivity index (χ2v) is 5.23. The fourth-order valence-electron chi connectivity index (χ4n) is 2.64. The van der Waals surface area contributed by atoms with Gasteiger partial charge < -0.3 is 0 Å². The van der Waals surface area contributed by atoms with Gasteiger partial charge in [0.15, 0.2) is 0 Å². The predicted molar refractivity (Wildman–Crippen MR) is 87.8 cm³/mol. The van der Waals surface area contributed by atoms with Crippen molar-refractivity contribution in [1.82, 2.24) is 5.06 Å². The summed E-state index contributed by atoms with van der Waals surface area (Å²) in [6.07, 6.45) is 1.09. The summed E-state index contributed by atoms with van der Waals surface area (Å²) >= 11 is 0. The third kappa shape index (κ3) is 4.16. The lowest BCUT2D eigenvalue weighted by Gasteiger charge is -2.32. The Morgan fingerprint density at radius 2 is 1.38 bits per heavy atom. The van der Waals surface area contributed by atoms with Crippen LogP contribution in [0.25, 0.3) is 0 Å². The monoisotopic (exact) mass is 283 g/mol. The van der Waals surface area contributed by atoms with Crippen molar-refractivity contribution in [1.29, 1.82) is 0 Å².